The fourth-order valence-electron chi connectivity index (χ4n) is 4.65. The SMILES string of the molecule is COc1cnc(-c2ccc(C#N)nc2)c2[nH]cc(C(=O)C(=O)N3CCN(c4nnnn4-c4ccccn4)CC3)c12. The molecule has 0 saturated carbocycles. The lowest BCUT2D eigenvalue weighted by Gasteiger charge is -2.34. The van der Waals surface area contributed by atoms with E-state index in [1.165, 1.54) is 35.3 Å². The van der Waals surface area contributed by atoms with Crippen molar-refractivity contribution in [3.8, 4) is 28.9 Å². The van der Waals surface area contributed by atoms with Crippen molar-refractivity contribution in [3.63, 3.8) is 0 Å². The zero-order valence-electron chi connectivity index (χ0n) is 21.2. The van der Waals surface area contributed by atoms with Gasteiger partial charge in [0, 0.05) is 50.3 Å². The second-order valence-corrected chi connectivity index (χ2v) is 8.86. The molecule has 5 aromatic heterocycles. The van der Waals surface area contributed by atoms with Crippen molar-refractivity contribution in [1.82, 2.24) is 45.0 Å². The van der Waals surface area contributed by atoms with Gasteiger partial charge < -0.3 is 19.5 Å². The minimum Gasteiger partial charge on any atom is -0.494 e. The van der Waals surface area contributed by atoms with Gasteiger partial charge >= 0.3 is 0 Å². The fraction of sp³-hybridized carbons (Fsp3) is 0.192. The molecule has 1 aliphatic heterocycles. The molecule has 40 heavy (non-hydrogen) atoms. The number of aromatic amines is 1. The smallest absolute Gasteiger partial charge is 0.295 e. The third kappa shape index (κ3) is 4.25. The average Bonchev–Trinajstić information content (AvgIpc) is 3.69. The number of pyridine rings is 3. The van der Waals surface area contributed by atoms with Crippen LogP contribution in [0.2, 0.25) is 0 Å². The highest BCUT2D eigenvalue weighted by atomic mass is 16.5. The number of anilines is 1. The first kappa shape index (κ1) is 24.6. The van der Waals surface area contributed by atoms with E-state index in [4.69, 9.17) is 10.00 Å². The number of carbonyl (C=O) groups excluding carboxylic acids is 2. The highest BCUT2D eigenvalue weighted by Crippen LogP contribution is 2.34. The molecular weight excluding hydrogens is 514 g/mol. The van der Waals surface area contributed by atoms with Crippen molar-refractivity contribution in [2.24, 2.45) is 0 Å². The third-order valence-corrected chi connectivity index (χ3v) is 6.65. The van der Waals surface area contributed by atoms with Gasteiger partial charge in [-0.2, -0.15) is 9.94 Å². The summed E-state index contributed by atoms with van der Waals surface area (Å²) < 4.78 is 7.02. The van der Waals surface area contributed by atoms with E-state index in [1.54, 1.807) is 30.5 Å². The van der Waals surface area contributed by atoms with Crippen molar-refractivity contribution >= 4 is 28.5 Å². The summed E-state index contributed by atoms with van der Waals surface area (Å²) in [7, 11) is 1.47. The van der Waals surface area contributed by atoms with Crippen LogP contribution >= 0.6 is 0 Å². The Morgan fingerprint density at radius 3 is 2.60 bits per heavy atom. The largest absolute Gasteiger partial charge is 0.494 e. The van der Waals surface area contributed by atoms with E-state index in [0.29, 0.717) is 65.9 Å². The molecule has 0 aromatic carbocycles. The number of methoxy groups -OCH3 is 1. The lowest BCUT2D eigenvalue weighted by Crippen LogP contribution is -2.51. The van der Waals surface area contributed by atoms with E-state index >= 15 is 0 Å². The first-order valence-corrected chi connectivity index (χ1v) is 12.3. The molecule has 0 radical (unpaired) electrons. The van der Waals surface area contributed by atoms with Gasteiger partial charge in [0.1, 0.15) is 17.5 Å². The first-order chi connectivity index (χ1) is 19.6. The Hall–Kier alpha value is -5.71. The number of carbonyl (C=O) groups is 2. The highest BCUT2D eigenvalue weighted by molar-refractivity contribution is 6.45. The van der Waals surface area contributed by atoms with Crippen LogP contribution in [0.5, 0.6) is 5.75 Å². The Morgan fingerprint density at radius 2 is 1.90 bits per heavy atom. The van der Waals surface area contributed by atoms with E-state index in [1.807, 2.05) is 17.0 Å². The van der Waals surface area contributed by atoms with Crippen LogP contribution in [-0.2, 0) is 4.79 Å². The molecule has 6 heterocycles. The zero-order chi connectivity index (χ0) is 27.6. The monoisotopic (exact) mass is 535 g/mol. The second kappa shape index (κ2) is 10.2. The Balaban J connectivity index is 1.23. The van der Waals surface area contributed by atoms with E-state index < -0.39 is 11.7 Å². The Labute approximate surface area is 226 Å². The topological polar surface area (TPSA) is 172 Å². The van der Waals surface area contributed by atoms with E-state index in [0.717, 1.165) is 0 Å². The summed E-state index contributed by atoms with van der Waals surface area (Å²) in [5.74, 6) is 0.159. The normalized spacial score (nSPS) is 13.3. The molecule has 0 aliphatic carbocycles. The van der Waals surface area contributed by atoms with Crippen LogP contribution in [-0.4, -0.2) is 90.0 Å². The third-order valence-electron chi connectivity index (χ3n) is 6.65. The van der Waals surface area contributed by atoms with Crippen LogP contribution in [0.4, 0.5) is 5.95 Å². The highest BCUT2D eigenvalue weighted by Gasteiger charge is 2.31. The van der Waals surface area contributed by atoms with Crippen LogP contribution in [0, 0.1) is 11.3 Å². The van der Waals surface area contributed by atoms with Gasteiger partial charge in [-0.3, -0.25) is 14.6 Å². The number of piperazine rings is 1. The number of tetrazole rings is 1. The molecule has 1 amide bonds. The molecule has 1 fully saturated rings. The van der Waals surface area contributed by atoms with Gasteiger partial charge in [-0.05, 0) is 34.7 Å². The number of amides is 1. The quantitative estimate of drug-likeness (QED) is 0.246. The van der Waals surface area contributed by atoms with Gasteiger partial charge in [-0.1, -0.05) is 11.2 Å². The fourth-order valence-corrected chi connectivity index (χ4v) is 4.65. The molecule has 5 aromatic rings. The lowest BCUT2D eigenvalue weighted by molar-refractivity contribution is -0.126. The number of rotatable bonds is 6. The maximum absolute atomic E-state index is 13.5. The Morgan fingerprint density at radius 1 is 1.05 bits per heavy atom. The number of ketones is 1. The molecule has 14 heteroatoms. The number of hydrogen-bond donors (Lipinski definition) is 1. The van der Waals surface area contributed by atoms with Crippen LogP contribution in [0.25, 0.3) is 28.0 Å². The summed E-state index contributed by atoms with van der Waals surface area (Å²) in [6, 6.07) is 10.7. The van der Waals surface area contributed by atoms with E-state index in [-0.39, 0.29) is 11.3 Å². The van der Waals surface area contributed by atoms with Crippen molar-refractivity contribution in [3.05, 3.63) is 66.4 Å². The molecule has 1 saturated heterocycles. The standard InChI is InChI=1S/C26H21N11O3/c1-40-19-15-31-22(16-5-6-17(12-27)29-13-16)23-21(19)18(14-30-23)24(38)25(39)35-8-10-36(11-9-35)26-32-33-34-37(26)20-4-2-3-7-28-20/h2-7,13-15,30H,8-11H2,1H3. The first-order valence-electron chi connectivity index (χ1n) is 12.3. The Kier molecular flexibility index (Phi) is 6.29. The van der Waals surface area contributed by atoms with Crippen LogP contribution in [0.3, 0.4) is 0 Å². The molecule has 198 valence electrons. The van der Waals surface area contributed by atoms with Crippen molar-refractivity contribution in [1.29, 1.82) is 5.26 Å². The van der Waals surface area contributed by atoms with Gasteiger partial charge in [0.15, 0.2) is 5.82 Å². The van der Waals surface area contributed by atoms with E-state index in [9.17, 15) is 9.59 Å². The number of ether oxygens (including phenoxy) is 1. The molecule has 0 unspecified atom stereocenters. The molecule has 1 aliphatic rings. The number of nitrogens with zero attached hydrogens (tertiary/aromatic N) is 10. The maximum atomic E-state index is 13.5. The average molecular weight is 536 g/mol. The number of hydrogen-bond acceptors (Lipinski definition) is 11. The number of fused-ring (bicyclic) bond motifs is 1. The molecule has 14 nitrogen and oxygen atoms in total. The van der Waals surface area contributed by atoms with Crippen LogP contribution in [0.1, 0.15) is 16.1 Å². The minimum atomic E-state index is -0.661. The number of aromatic nitrogens is 8. The van der Waals surface area contributed by atoms with Gasteiger partial charge in [-0.15, -0.1) is 0 Å². The molecule has 0 spiro atoms. The number of Topliss-reactive ketones (excluding diaryl/α,β-unsaturated/α-hetero) is 1. The van der Waals surface area contributed by atoms with Crippen molar-refractivity contribution < 1.29 is 14.3 Å². The summed E-state index contributed by atoms with van der Waals surface area (Å²) in [6.07, 6.45) is 6.18. The summed E-state index contributed by atoms with van der Waals surface area (Å²) in [6.45, 7) is 1.48. The predicted molar refractivity (Wildman–Crippen MR) is 141 cm³/mol. The predicted octanol–water partition coefficient (Wildman–Crippen LogP) is 1.41. The second-order valence-electron chi connectivity index (χ2n) is 8.86. The van der Waals surface area contributed by atoms with Gasteiger partial charge in [0.05, 0.1) is 35.5 Å². The van der Waals surface area contributed by atoms with Gasteiger partial charge in [0.25, 0.3) is 17.6 Å². The summed E-state index contributed by atoms with van der Waals surface area (Å²) in [5, 5.41) is 21.4. The zero-order valence-corrected chi connectivity index (χ0v) is 21.2. The molecule has 1 N–H and O–H groups in total. The lowest BCUT2D eigenvalue weighted by atomic mass is 10.0. The van der Waals surface area contributed by atoms with Crippen molar-refractivity contribution in [2.45, 2.75) is 0 Å². The number of H-pyrrole nitrogens is 1. The van der Waals surface area contributed by atoms with Gasteiger partial charge in [-0.25, -0.2) is 9.97 Å². The molecular formula is C26H21N11O3. The number of nitrogens with one attached hydrogen (secondary N) is 1. The summed E-state index contributed by atoms with van der Waals surface area (Å²) >= 11 is 0. The summed E-state index contributed by atoms with van der Waals surface area (Å²) in [4.78, 5) is 46.2. The van der Waals surface area contributed by atoms with Crippen LogP contribution < -0.4 is 9.64 Å². The number of nitriles is 1. The minimum absolute atomic E-state index is 0.184. The Bertz CT molecular complexity index is 1750. The maximum Gasteiger partial charge on any atom is 0.295 e. The van der Waals surface area contributed by atoms with Crippen LogP contribution in [0.15, 0.2) is 55.1 Å². The molecule has 6 rings (SSSR count). The molecule has 0 atom stereocenters. The van der Waals surface area contributed by atoms with Gasteiger partial charge in [0.2, 0.25) is 0 Å². The molecule has 0 bridgehead atoms. The van der Waals surface area contributed by atoms with E-state index in [2.05, 4.69) is 35.5 Å². The summed E-state index contributed by atoms with van der Waals surface area (Å²) in [5.41, 5.74) is 2.13. The van der Waals surface area contributed by atoms with Crippen molar-refractivity contribution in [2.75, 3.05) is 38.2 Å².